The summed E-state index contributed by atoms with van der Waals surface area (Å²) >= 11 is 15.7. The van der Waals surface area contributed by atoms with Crippen molar-refractivity contribution in [3.63, 3.8) is 0 Å². The zero-order valence-electron chi connectivity index (χ0n) is 15.6. The van der Waals surface area contributed by atoms with Crippen LogP contribution in [0.5, 0.6) is 0 Å². The van der Waals surface area contributed by atoms with Crippen molar-refractivity contribution in [2.24, 2.45) is 5.92 Å². The normalized spacial score (nSPS) is 16.1. The molecule has 0 saturated carbocycles. The van der Waals surface area contributed by atoms with E-state index >= 15 is 0 Å². The molecular weight excluding hydrogens is 471 g/mol. The molecule has 1 aliphatic heterocycles. The molecule has 2 heterocycles. The number of halogens is 2. The third kappa shape index (κ3) is 5.89. The van der Waals surface area contributed by atoms with Gasteiger partial charge in [-0.05, 0) is 36.4 Å². The van der Waals surface area contributed by atoms with Gasteiger partial charge in [0.25, 0.3) is 0 Å². The van der Waals surface area contributed by atoms with Gasteiger partial charge in [0.15, 0.2) is 0 Å². The Hall–Kier alpha value is -0.770. The highest BCUT2D eigenvalue weighted by atomic mass is 35.5. The van der Waals surface area contributed by atoms with Crippen LogP contribution in [0.1, 0.15) is 17.7 Å². The molecule has 0 unspecified atom stereocenters. The highest BCUT2D eigenvalue weighted by Gasteiger charge is 2.34. The van der Waals surface area contributed by atoms with E-state index in [4.69, 9.17) is 23.2 Å². The van der Waals surface area contributed by atoms with Crippen molar-refractivity contribution in [2.45, 2.75) is 23.5 Å². The first kappa shape index (κ1) is 22.9. The second-order valence-corrected chi connectivity index (χ2v) is 11.5. The molecule has 3 rings (SSSR count). The number of nitrogens with one attached hydrogen (secondary N) is 1. The summed E-state index contributed by atoms with van der Waals surface area (Å²) in [5.74, 6) is 1.62. The summed E-state index contributed by atoms with van der Waals surface area (Å²) < 4.78 is 27.2. The molecule has 0 radical (unpaired) electrons. The fourth-order valence-electron chi connectivity index (χ4n) is 3.17. The first-order chi connectivity index (χ1) is 13.9. The third-order valence-electron chi connectivity index (χ3n) is 4.71. The molecule has 158 valence electrons. The lowest BCUT2D eigenvalue weighted by atomic mass is 9.97. The topological polar surface area (TPSA) is 66.5 Å². The number of carbonyl (C=O) groups excluding carboxylic acids is 1. The summed E-state index contributed by atoms with van der Waals surface area (Å²) in [6.45, 7) is 1.16. The van der Waals surface area contributed by atoms with E-state index < -0.39 is 10.0 Å². The molecule has 1 N–H and O–H groups in total. The Morgan fingerprint density at radius 3 is 2.48 bits per heavy atom. The number of benzene rings is 1. The monoisotopic (exact) mass is 492 g/mol. The van der Waals surface area contributed by atoms with E-state index in [1.807, 2.05) is 6.07 Å². The molecule has 10 heteroatoms. The van der Waals surface area contributed by atoms with E-state index in [1.54, 1.807) is 29.2 Å². The SMILES string of the molecule is O=C(NCCSCc1cccs1)C1CCN(S(=O)(=O)c2c(Cl)cccc2Cl)CC1. The number of amides is 1. The van der Waals surface area contributed by atoms with E-state index in [0.717, 1.165) is 11.5 Å². The van der Waals surface area contributed by atoms with Crippen molar-refractivity contribution >= 4 is 62.2 Å². The number of thiophene rings is 1. The predicted octanol–water partition coefficient (Wildman–Crippen LogP) is 4.51. The third-order valence-corrected chi connectivity index (χ3v) is 9.63. The van der Waals surface area contributed by atoms with Crippen LogP contribution in [-0.2, 0) is 20.6 Å². The quantitative estimate of drug-likeness (QED) is 0.550. The van der Waals surface area contributed by atoms with E-state index in [0.29, 0.717) is 19.4 Å². The number of piperidine rings is 1. The molecule has 1 fully saturated rings. The van der Waals surface area contributed by atoms with Gasteiger partial charge in [-0.1, -0.05) is 35.3 Å². The van der Waals surface area contributed by atoms with Crippen LogP contribution in [-0.4, -0.2) is 44.0 Å². The Balaban J connectivity index is 1.45. The maximum atomic E-state index is 12.9. The van der Waals surface area contributed by atoms with E-state index in [9.17, 15) is 13.2 Å². The number of hydrogen-bond donors (Lipinski definition) is 1. The average molecular weight is 494 g/mol. The molecule has 0 aliphatic carbocycles. The van der Waals surface area contributed by atoms with Gasteiger partial charge >= 0.3 is 0 Å². The Labute approximate surface area is 189 Å². The molecule has 1 amide bonds. The van der Waals surface area contributed by atoms with Gasteiger partial charge in [0.05, 0.1) is 10.0 Å². The van der Waals surface area contributed by atoms with E-state index in [1.165, 1.54) is 21.3 Å². The lowest BCUT2D eigenvalue weighted by Gasteiger charge is -2.31. The Morgan fingerprint density at radius 2 is 1.86 bits per heavy atom. The summed E-state index contributed by atoms with van der Waals surface area (Å²) in [5.41, 5.74) is 0. The Kier molecular flexibility index (Phi) is 8.30. The highest BCUT2D eigenvalue weighted by Crippen LogP contribution is 2.33. The molecule has 0 bridgehead atoms. The minimum Gasteiger partial charge on any atom is -0.355 e. The van der Waals surface area contributed by atoms with Crippen LogP contribution >= 0.6 is 46.3 Å². The highest BCUT2D eigenvalue weighted by molar-refractivity contribution is 7.98. The molecule has 0 atom stereocenters. The summed E-state index contributed by atoms with van der Waals surface area (Å²) in [6, 6.07) is 8.77. The van der Waals surface area contributed by atoms with Crippen molar-refractivity contribution in [1.29, 1.82) is 0 Å². The van der Waals surface area contributed by atoms with Crippen molar-refractivity contribution in [2.75, 3.05) is 25.4 Å². The molecule has 29 heavy (non-hydrogen) atoms. The number of thioether (sulfide) groups is 1. The summed E-state index contributed by atoms with van der Waals surface area (Å²) in [4.78, 5) is 13.7. The van der Waals surface area contributed by atoms with Crippen molar-refractivity contribution < 1.29 is 13.2 Å². The molecule has 1 aromatic carbocycles. The first-order valence-electron chi connectivity index (χ1n) is 9.21. The van der Waals surface area contributed by atoms with E-state index in [2.05, 4.69) is 16.8 Å². The van der Waals surface area contributed by atoms with Gasteiger partial charge in [0.2, 0.25) is 15.9 Å². The van der Waals surface area contributed by atoms with Crippen LogP contribution in [0, 0.1) is 5.92 Å². The van der Waals surface area contributed by atoms with Gasteiger partial charge in [-0.25, -0.2) is 8.42 Å². The van der Waals surface area contributed by atoms with Gasteiger partial charge in [0.1, 0.15) is 4.90 Å². The molecule has 0 spiro atoms. The molecule has 1 aliphatic rings. The number of hydrogen-bond acceptors (Lipinski definition) is 5. The maximum absolute atomic E-state index is 12.9. The van der Waals surface area contributed by atoms with E-state index in [-0.39, 0.29) is 39.9 Å². The fourth-order valence-corrected chi connectivity index (χ4v) is 7.44. The fraction of sp³-hybridized carbons (Fsp3) is 0.421. The maximum Gasteiger partial charge on any atom is 0.246 e. The number of rotatable bonds is 8. The molecule has 2 aromatic rings. The van der Waals surface area contributed by atoms with Gasteiger partial charge in [-0.3, -0.25) is 4.79 Å². The Bertz CT molecular complexity index is 908. The zero-order valence-corrected chi connectivity index (χ0v) is 19.6. The van der Waals surface area contributed by atoms with Crippen LogP contribution in [0.2, 0.25) is 10.0 Å². The number of carbonyl (C=O) groups is 1. The van der Waals surface area contributed by atoms with Gasteiger partial charge in [0, 0.05) is 41.9 Å². The number of sulfonamides is 1. The smallest absolute Gasteiger partial charge is 0.246 e. The van der Waals surface area contributed by atoms with Crippen LogP contribution < -0.4 is 5.32 Å². The lowest BCUT2D eigenvalue weighted by molar-refractivity contribution is -0.125. The van der Waals surface area contributed by atoms with Gasteiger partial charge < -0.3 is 5.32 Å². The van der Waals surface area contributed by atoms with Crippen molar-refractivity contribution in [1.82, 2.24) is 9.62 Å². The predicted molar refractivity (Wildman–Crippen MR) is 121 cm³/mol. The summed E-state index contributed by atoms with van der Waals surface area (Å²) in [5, 5.41) is 5.25. The molecule has 1 saturated heterocycles. The second kappa shape index (κ2) is 10.5. The van der Waals surface area contributed by atoms with Crippen LogP contribution in [0.25, 0.3) is 0 Å². The first-order valence-corrected chi connectivity index (χ1v) is 13.4. The lowest BCUT2D eigenvalue weighted by Crippen LogP contribution is -2.43. The minimum atomic E-state index is -3.78. The number of nitrogens with zero attached hydrogens (tertiary/aromatic N) is 1. The Morgan fingerprint density at radius 1 is 1.17 bits per heavy atom. The largest absolute Gasteiger partial charge is 0.355 e. The van der Waals surface area contributed by atoms with Gasteiger partial charge in [-0.2, -0.15) is 16.1 Å². The minimum absolute atomic E-state index is 0.00505. The van der Waals surface area contributed by atoms with Crippen LogP contribution in [0.3, 0.4) is 0 Å². The summed E-state index contributed by atoms with van der Waals surface area (Å²) in [6.07, 6.45) is 0.963. The van der Waals surface area contributed by atoms with Crippen LogP contribution in [0.4, 0.5) is 0 Å². The van der Waals surface area contributed by atoms with Crippen LogP contribution in [0.15, 0.2) is 40.6 Å². The molecule has 5 nitrogen and oxygen atoms in total. The molecule has 1 aromatic heterocycles. The summed E-state index contributed by atoms with van der Waals surface area (Å²) in [7, 11) is -3.78. The second-order valence-electron chi connectivity index (χ2n) is 6.65. The average Bonchev–Trinajstić information content (AvgIpc) is 3.21. The van der Waals surface area contributed by atoms with Crippen molar-refractivity contribution in [3.8, 4) is 0 Å². The van der Waals surface area contributed by atoms with Crippen molar-refractivity contribution in [3.05, 3.63) is 50.6 Å². The van der Waals surface area contributed by atoms with Gasteiger partial charge in [-0.15, -0.1) is 11.3 Å². The zero-order chi connectivity index (χ0) is 20.9. The standard InChI is InChI=1S/C19H22Cl2N2O3S3/c20-16-4-1-5-17(21)18(16)29(25,26)23-9-6-14(7-10-23)19(24)22-8-12-27-13-15-3-2-11-28-15/h1-5,11,14H,6-10,12-13H2,(H,22,24). The molecular formula is C19H22Cl2N2O3S3.